The number of ether oxygens (including phenoxy) is 1. The van der Waals surface area contributed by atoms with Crippen molar-refractivity contribution in [3.63, 3.8) is 0 Å². The van der Waals surface area contributed by atoms with E-state index in [9.17, 15) is 9.59 Å². The number of aliphatic carboxylic acids is 1. The molecule has 5 nitrogen and oxygen atoms in total. The maximum Gasteiger partial charge on any atom is 0.306 e. The number of hydrogen-bond acceptors (Lipinski definition) is 3. The van der Waals surface area contributed by atoms with Crippen LogP contribution in [0, 0.1) is 11.3 Å². The molecule has 0 bridgehead atoms. The molecule has 106 valence electrons. The lowest BCUT2D eigenvalue weighted by Gasteiger charge is -2.26. The Balaban J connectivity index is 4.06. The molecule has 18 heavy (non-hydrogen) atoms. The molecule has 0 aromatic rings. The first-order valence-corrected chi connectivity index (χ1v) is 6.18. The van der Waals surface area contributed by atoms with Crippen molar-refractivity contribution in [3.05, 3.63) is 0 Å². The van der Waals surface area contributed by atoms with E-state index in [4.69, 9.17) is 9.84 Å². The molecule has 2 unspecified atom stereocenters. The van der Waals surface area contributed by atoms with Gasteiger partial charge in [-0.15, -0.1) is 0 Å². The second-order valence-electron chi connectivity index (χ2n) is 5.73. The third kappa shape index (κ3) is 7.27. The van der Waals surface area contributed by atoms with Crippen LogP contribution in [0.1, 0.15) is 40.5 Å². The van der Waals surface area contributed by atoms with Crippen LogP contribution >= 0.6 is 0 Å². The van der Waals surface area contributed by atoms with Gasteiger partial charge in [0.1, 0.15) is 0 Å². The van der Waals surface area contributed by atoms with Gasteiger partial charge in [-0.1, -0.05) is 27.7 Å². The number of rotatable bonds is 7. The highest BCUT2D eigenvalue weighted by Gasteiger charge is 2.23. The first-order chi connectivity index (χ1) is 8.16. The first kappa shape index (κ1) is 16.9. The number of nitrogens with one attached hydrogen (secondary N) is 1. The lowest BCUT2D eigenvalue weighted by Crippen LogP contribution is -2.36. The molecule has 0 aliphatic carbocycles. The number of methoxy groups -OCH3 is 1. The van der Waals surface area contributed by atoms with Crippen molar-refractivity contribution in [1.82, 2.24) is 5.32 Å². The average Bonchev–Trinajstić information content (AvgIpc) is 2.22. The number of amides is 1. The molecule has 2 atom stereocenters. The summed E-state index contributed by atoms with van der Waals surface area (Å²) in [5.41, 5.74) is 0.0824. The molecule has 1 amide bonds. The van der Waals surface area contributed by atoms with Crippen molar-refractivity contribution in [3.8, 4) is 0 Å². The zero-order chi connectivity index (χ0) is 14.3. The molecule has 0 heterocycles. The van der Waals surface area contributed by atoms with Gasteiger partial charge in [-0.3, -0.25) is 9.59 Å². The largest absolute Gasteiger partial charge is 0.481 e. The van der Waals surface area contributed by atoms with Crippen molar-refractivity contribution in [2.75, 3.05) is 13.7 Å². The predicted molar refractivity (Wildman–Crippen MR) is 69.3 cm³/mol. The molecule has 0 aliphatic rings. The summed E-state index contributed by atoms with van der Waals surface area (Å²) < 4.78 is 4.99. The van der Waals surface area contributed by atoms with Crippen LogP contribution in [-0.4, -0.2) is 36.7 Å². The standard InChI is InChI=1S/C13H25NO4/c1-9(13(2,3)4)6-11(15)14-8-10(18-5)7-12(16)17/h9-10H,6-8H2,1-5H3,(H,14,15)(H,16,17). The quantitative estimate of drug-likeness (QED) is 0.729. The van der Waals surface area contributed by atoms with E-state index in [-0.39, 0.29) is 30.2 Å². The Kier molecular flexibility index (Phi) is 6.91. The second-order valence-corrected chi connectivity index (χ2v) is 5.73. The summed E-state index contributed by atoms with van der Waals surface area (Å²) in [6.07, 6.45) is -0.144. The van der Waals surface area contributed by atoms with E-state index < -0.39 is 12.1 Å². The van der Waals surface area contributed by atoms with E-state index in [1.807, 2.05) is 6.92 Å². The van der Waals surface area contributed by atoms with Crippen LogP contribution in [0.5, 0.6) is 0 Å². The molecule has 0 saturated heterocycles. The van der Waals surface area contributed by atoms with Crippen LogP contribution in [0.3, 0.4) is 0 Å². The lowest BCUT2D eigenvalue weighted by atomic mass is 9.80. The van der Waals surface area contributed by atoms with E-state index in [0.29, 0.717) is 6.42 Å². The van der Waals surface area contributed by atoms with Gasteiger partial charge in [0, 0.05) is 20.1 Å². The number of hydrogen-bond donors (Lipinski definition) is 2. The number of carboxylic acids is 1. The predicted octanol–water partition coefficient (Wildman–Crippen LogP) is 1.66. The summed E-state index contributed by atoms with van der Waals surface area (Å²) >= 11 is 0. The molecule has 0 aromatic carbocycles. The van der Waals surface area contributed by atoms with Gasteiger partial charge < -0.3 is 15.2 Å². The summed E-state index contributed by atoms with van der Waals surface area (Å²) in [4.78, 5) is 22.2. The highest BCUT2D eigenvalue weighted by atomic mass is 16.5. The number of carboxylic acid groups (broad SMARTS) is 1. The van der Waals surface area contributed by atoms with E-state index in [1.165, 1.54) is 7.11 Å². The van der Waals surface area contributed by atoms with Crippen LogP contribution in [0.4, 0.5) is 0 Å². The SMILES string of the molecule is COC(CNC(=O)CC(C)C(C)(C)C)CC(=O)O. The molecule has 0 fully saturated rings. The van der Waals surface area contributed by atoms with Crippen LogP contribution in [0.15, 0.2) is 0 Å². The highest BCUT2D eigenvalue weighted by molar-refractivity contribution is 5.76. The molecular formula is C13H25NO4. The monoisotopic (exact) mass is 259 g/mol. The van der Waals surface area contributed by atoms with Gasteiger partial charge in [-0.2, -0.15) is 0 Å². The minimum atomic E-state index is -0.931. The maximum absolute atomic E-state index is 11.7. The topological polar surface area (TPSA) is 75.6 Å². The molecule has 0 rings (SSSR count). The third-order valence-corrected chi connectivity index (χ3v) is 3.23. The van der Waals surface area contributed by atoms with Gasteiger partial charge in [-0.25, -0.2) is 0 Å². The summed E-state index contributed by atoms with van der Waals surface area (Å²) in [5.74, 6) is -0.734. The summed E-state index contributed by atoms with van der Waals surface area (Å²) in [6.45, 7) is 8.54. The fourth-order valence-corrected chi connectivity index (χ4v) is 1.32. The molecule has 5 heteroatoms. The van der Waals surface area contributed by atoms with Gasteiger partial charge in [0.2, 0.25) is 5.91 Å². The summed E-state index contributed by atoms with van der Waals surface area (Å²) in [6, 6.07) is 0. The first-order valence-electron chi connectivity index (χ1n) is 6.18. The number of carbonyl (C=O) groups is 2. The van der Waals surface area contributed by atoms with E-state index in [0.717, 1.165) is 0 Å². The van der Waals surface area contributed by atoms with Crippen LogP contribution < -0.4 is 5.32 Å². The Morgan fingerprint density at radius 1 is 1.28 bits per heavy atom. The molecular weight excluding hydrogens is 234 g/mol. The summed E-state index contributed by atoms with van der Waals surface area (Å²) in [7, 11) is 1.44. The molecule has 0 aromatic heterocycles. The number of carbonyl (C=O) groups excluding carboxylic acids is 1. The Bertz CT molecular complexity index is 283. The Morgan fingerprint density at radius 2 is 1.83 bits per heavy atom. The molecule has 2 N–H and O–H groups in total. The lowest BCUT2D eigenvalue weighted by molar-refractivity contribution is -0.140. The zero-order valence-corrected chi connectivity index (χ0v) is 11.9. The van der Waals surface area contributed by atoms with E-state index in [2.05, 4.69) is 26.1 Å². The Hall–Kier alpha value is -1.10. The van der Waals surface area contributed by atoms with Gasteiger partial charge in [-0.05, 0) is 11.3 Å². The van der Waals surface area contributed by atoms with Crippen molar-refractivity contribution in [2.24, 2.45) is 11.3 Å². The average molecular weight is 259 g/mol. The van der Waals surface area contributed by atoms with Crippen LogP contribution in [0.2, 0.25) is 0 Å². The molecule has 0 aliphatic heterocycles. The van der Waals surface area contributed by atoms with Gasteiger partial charge >= 0.3 is 5.97 Å². The zero-order valence-electron chi connectivity index (χ0n) is 11.9. The Labute approximate surface area is 109 Å². The maximum atomic E-state index is 11.7. The van der Waals surface area contributed by atoms with E-state index >= 15 is 0 Å². The normalized spacial score (nSPS) is 14.9. The minimum absolute atomic E-state index is 0.0649. The van der Waals surface area contributed by atoms with Crippen molar-refractivity contribution in [2.45, 2.75) is 46.6 Å². The van der Waals surface area contributed by atoms with Gasteiger partial charge in [0.05, 0.1) is 12.5 Å². The fourth-order valence-electron chi connectivity index (χ4n) is 1.32. The van der Waals surface area contributed by atoms with Crippen molar-refractivity contribution in [1.29, 1.82) is 0 Å². The van der Waals surface area contributed by atoms with Crippen molar-refractivity contribution < 1.29 is 19.4 Å². The van der Waals surface area contributed by atoms with Crippen LogP contribution in [-0.2, 0) is 14.3 Å². The minimum Gasteiger partial charge on any atom is -0.481 e. The molecule has 0 radical (unpaired) electrons. The van der Waals surface area contributed by atoms with Gasteiger partial charge in [0.15, 0.2) is 0 Å². The highest BCUT2D eigenvalue weighted by Crippen LogP contribution is 2.27. The van der Waals surface area contributed by atoms with Crippen molar-refractivity contribution >= 4 is 11.9 Å². The molecule has 0 saturated carbocycles. The van der Waals surface area contributed by atoms with Crippen LogP contribution in [0.25, 0.3) is 0 Å². The summed E-state index contributed by atoms with van der Waals surface area (Å²) in [5, 5.41) is 11.4. The Morgan fingerprint density at radius 3 is 2.22 bits per heavy atom. The third-order valence-electron chi connectivity index (χ3n) is 3.23. The smallest absolute Gasteiger partial charge is 0.306 e. The second kappa shape index (κ2) is 7.36. The fraction of sp³-hybridized carbons (Fsp3) is 0.846. The van der Waals surface area contributed by atoms with Gasteiger partial charge in [0.25, 0.3) is 0 Å². The molecule has 0 spiro atoms. The van der Waals surface area contributed by atoms with E-state index in [1.54, 1.807) is 0 Å².